The Morgan fingerprint density at radius 2 is 1.93 bits per heavy atom. The maximum Gasteiger partial charge on any atom is 0.316 e. The van der Waals surface area contributed by atoms with Gasteiger partial charge in [0.1, 0.15) is 0 Å². The van der Waals surface area contributed by atoms with E-state index in [4.69, 9.17) is 0 Å². The molecule has 0 heterocycles. The van der Waals surface area contributed by atoms with Crippen LogP contribution in [0.5, 0.6) is 0 Å². The molecule has 0 N–H and O–H groups in total. The van der Waals surface area contributed by atoms with Crippen LogP contribution in [0.4, 0.5) is 0 Å². The smallest absolute Gasteiger partial charge is 0.263 e. The summed E-state index contributed by atoms with van der Waals surface area (Å²) < 4.78 is 0. The van der Waals surface area contributed by atoms with Crippen LogP contribution in [0.15, 0.2) is 23.4 Å². The lowest BCUT2D eigenvalue weighted by Gasteiger charge is -1.99. The van der Waals surface area contributed by atoms with Crippen molar-refractivity contribution in [2.24, 2.45) is 10.6 Å². The number of rotatable bonds is 1. The molecule has 0 aliphatic heterocycles. The molecule has 1 saturated carbocycles. The molecular weight excluding hydrogens is 190 g/mol. The second-order valence-electron chi connectivity index (χ2n) is 4.73. The van der Waals surface area contributed by atoms with Crippen LogP contribution in [-0.2, 0) is 12.8 Å². The summed E-state index contributed by atoms with van der Waals surface area (Å²) in [4.78, 5) is 21.3. The third-order valence-electron chi connectivity index (χ3n) is 3.62. The molecule has 0 radical (unpaired) electrons. The highest BCUT2D eigenvalue weighted by molar-refractivity contribution is 5.95. The molecule has 2 aliphatic carbocycles. The van der Waals surface area contributed by atoms with Gasteiger partial charge < -0.3 is 0 Å². The predicted molar refractivity (Wildman–Crippen MR) is 55.6 cm³/mol. The predicted octanol–water partition coefficient (Wildman–Crippen LogP) is 2.47. The quantitative estimate of drug-likeness (QED) is 0.655. The Balaban J connectivity index is 1.98. The largest absolute Gasteiger partial charge is 0.316 e. The van der Waals surface area contributed by atoms with Gasteiger partial charge in [0.15, 0.2) is 0 Å². The van der Waals surface area contributed by atoms with Gasteiger partial charge in [-0.3, -0.25) is 4.79 Å². The Labute approximate surface area is 87.5 Å². The first-order valence-electron chi connectivity index (χ1n) is 5.22. The van der Waals surface area contributed by atoms with Crippen LogP contribution < -0.4 is 0 Å². The normalized spacial score (nSPS) is 20.0. The average molecular weight is 201 g/mol. The molecule has 1 aromatic carbocycles. The molecule has 0 saturated heterocycles. The Morgan fingerprint density at radius 1 is 1.20 bits per heavy atom. The van der Waals surface area contributed by atoms with Crippen LogP contribution in [0.25, 0.3) is 0 Å². The van der Waals surface area contributed by atoms with Crippen molar-refractivity contribution < 1.29 is 4.79 Å². The minimum atomic E-state index is -0.658. The summed E-state index contributed by atoms with van der Waals surface area (Å²) in [5.74, 6) is -0.658. The monoisotopic (exact) mass is 201 g/mol. The summed E-state index contributed by atoms with van der Waals surface area (Å²) in [6, 6.07) is 5.52. The topological polar surface area (TPSA) is 46.5 Å². The molecule has 1 aromatic rings. The summed E-state index contributed by atoms with van der Waals surface area (Å²) in [5, 5.41) is 2.45. The number of nitroso groups, excluding NO2 is 1. The lowest BCUT2D eigenvalue weighted by atomic mass is 10.0. The number of amides is 1. The van der Waals surface area contributed by atoms with Crippen molar-refractivity contribution in [3.8, 4) is 0 Å². The van der Waals surface area contributed by atoms with E-state index in [1.165, 1.54) is 24.0 Å². The first-order chi connectivity index (χ1) is 7.22. The first-order valence-corrected chi connectivity index (χ1v) is 5.22. The van der Waals surface area contributed by atoms with Gasteiger partial charge in [0.2, 0.25) is 0 Å². The average Bonchev–Trinajstić information content (AvgIpc) is 2.88. The number of benzene rings is 1. The number of nitrogens with zero attached hydrogens (tertiary/aromatic N) is 1. The van der Waals surface area contributed by atoms with Crippen molar-refractivity contribution in [1.29, 1.82) is 0 Å². The third-order valence-corrected chi connectivity index (χ3v) is 3.62. The number of fused-ring (bicyclic) bond motifs is 1. The zero-order valence-corrected chi connectivity index (χ0v) is 8.32. The van der Waals surface area contributed by atoms with Crippen LogP contribution in [0.2, 0.25) is 0 Å². The Kier molecular flexibility index (Phi) is 1.61. The number of carbonyl (C=O) groups excluding carboxylic acids is 1. The molecule has 76 valence electrons. The van der Waals surface area contributed by atoms with E-state index in [0.29, 0.717) is 11.0 Å². The molecule has 3 rings (SSSR count). The maximum absolute atomic E-state index is 11.1. The molecule has 0 bridgehead atoms. The lowest BCUT2D eigenvalue weighted by Crippen LogP contribution is -1.97. The van der Waals surface area contributed by atoms with E-state index in [1.54, 1.807) is 6.07 Å². The molecule has 3 nitrogen and oxygen atoms in total. The summed E-state index contributed by atoms with van der Waals surface area (Å²) in [5.41, 5.74) is 3.52. The first kappa shape index (κ1) is 8.77. The molecule has 1 fully saturated rings. The van der Waals surface area contributed by atoms with E-state index in [1.807, 2.05) is 12.1 Å². The van der Waals surface area contributed by atoms with Gasteiger partial charge in [0.05, 0.1) is 0 Å². The van der Waals surface area contributed by atoms with E-state index in [9.17, 15) is 9.70 Å². The number of hydrogen-bond acceptors (Lipinski definition) is 2. The Morgan fingerprint density at radius 3 is 2.60 bits per heavy atom. The van der Waals surface area contributed by atoms with Crippen LogP contribution in [0.3, 0.4) is 0 Å². The zero-order valence-electron chi connectivity index (χ0n) is 8.32. The summed E-state index contributed by atoms with van der Waals surface area (Å²) in [7, 11) is 0. The highest BCUT2D eigenvalue weighted by Gasteiger charge is 2.46. The molecular formula is C12H11NO2. The lowest BCUT2D eigenvalue weighted by molar-refractivity contribution is 0.100. The highest BCUT2D eigenvalue weighted by atomic mass is 16.3. The summed E-state index contributed by atoms with van der Waals surface area (Å²) >= 11 is 0. The second-order valence-corrected chi connectivity index (χ2v) is 4.73. The van der Waals surface area contributed by atoms with Crippen molar-refractivity contribution in [2.75, 3.05) is 0 Å². The maximum atomic E-state index is 11.1. The minimum Gasteiger partial charge on any atom is -0.263 e. The second kappa shape index (κ2) is 2.75. The van der Waals surface area contributed by atoms with Crippen molar-refractivity contribution in [3.63, 3.8) is 0 Å². The van der Waals surface area contributed by atoms with Crippen LogP contribution >= 0.6 is 0 Å². The van der Waals surface area contributed by atoms with Gasteiger partial charge in [-0.25, -0.2) is 0 Å². The van der Waals surface area contributed by atoms with Crippen LogP contribution in [-0.4, -0.2) is 5.91 Å². The Bertz CT molecular complexity index is 461. The highest BCUT2D eigenvalue weighted by Crippen LogP contribution is 2.55. The van der Waals surface area contributed by atoms with Crippen molar-refractivity contribution in [3.05, 3.63) is 39.8 Å². The van der Waals surface area contributed by atoms with Gasteiger partial charge >= 0.3 is 5.91 Å². The van der Waals surface area contributed by atoms with Gasteiger partial charge in [-0.15, -0.1) is 4.91 Å². The zero-order chi connectivity index (χ0) is 10.5. The standard InChI is InChI=1S/C12H11NO2/c14-11(13-15)8-1-2-9-6-12(3-4-12)7-10(9)5-8/h1-2,5H,3-4,6-7H2. The van der Waals surface area contributed by atoms with E-state index in [2.05, 4.69) is 5.18 Å². The SMILES string of the molecule is O=NC(=O)c1ccc2c(c1)CC1(CC1)C2. The summed E-state index contributed by atoms with van der Waals surface area (Å²) in [6.45, 7) is 0. The molecule has 1 spiro atoms. The summed E-state index contributed by atoms with van der Waals surface area (Å²) in [6.07, 6.45) is 4.82. The van der Waals surface area contributed by atoms with E-state index >= 15 is 0 Å². The molecule has 3 heteroatoms. The van der Waals surface area contributed by atoms with Crippen molar-refractivity contribution in [2.45, 2.75) is 25.7 Å². The third kappa shape index (κ3) is 1.30. The molecule has 0 aromatic heterocycles. The fraction of sp³-hybridized carbons (Fsp3) is 0.417. The number of hydrogen-bond donors (Lipinski definition) is 0. The van der Waals surface area contributed by atoms with Gasteiger partial charge in [-0.05, 0) is 54.4 Å². The Hall–Kier alpha value is -1.51. The van der Waals surface area contributed by atoms with Gasteiger partial charge in [-0.1, -0.05) is 6.07 Å². The molecule has 0 atom stereocenters. The van der Waals surface area contributed by atoms with Gasteiger partial charge in [0, 0.05) is 10.7 Å². The molecule has 15 heavy (non-hydrogen) atoms. The molecule has 1 amide bonds. The fourth-order valence-corrected chi connectivity index (χ4v) is 2.55. The van der Waals surface area contributed by atoms with E-state index in [0.717, 1.165) is 12.8 Å². The van der Waals surface area contributed by atoms with Crippen LogP contribution in [0.1, 0.15) is 34.3 Å². The number of carbonyl (C=O) groups is 1. The van der Waals surface area contributed by atoms with Crippen molar-refractivity contribution in [1.82, 2.24) is 0 Å². The van der Waals surface area contributed by atoms with E-state index < -0.39 is 5.91 Å². The fourth-order valence-electron chi connectivity index (χ4n) is 2.55. The minimum absolute atomic E-state index is 0.432. The van der Waals surface area contributed by atoms with E-state index in [-0.39, 0.29) is 0 Å². The molecule has 2 aliphatic rings. The molecule has 0 unspecified atom stereocenters. The van der Waals surface area contributed by atoms with Gasteiger partial charge in [-0.2, -0.15) is 0 Å². The van der Waals surface area contributed by atoms with Crippen LogP contribution in [0, 0.1) is 10.3 Å². The van der Waals surface area contributed by atoms with Crippen molar-refractivity contribution >= 4 is 5.91 Å². The van der Waals surface area contributed by atoms with Gasteiger partial charge in [0.25, 0.3) is 0 Å².